The van der Waals surface area contributed by atoms with Crippen molar-refractivity contribution in [2.24, 2.45) is 17.8 Å². The summed E-state index contributed by atoms with van der Waals surface area (Å²) in [4.78, 5) is 12.1. The highest BCUT2D eigenvalue weighted by Gasteiger charge is 2.48. The number of hydrogen-bond donors (Lipinski definition) is 1. The first kappa shape index (κ1) is 11.6. The quantitative estimate of drug-likeness (QED) is 0.888. The minimum atomic E-state index is 0.0409. The van der Waals surface area contributed by atoms with Crippen LogP contribution in [-0.4, -0.2) is 5.91 Å². The van der Waals surface area contributed by atoms with E-state index in [0.717, 1.165) is 24.7 Å². The van der Waals surface area contributed by atoms with Crippen LogP contribution in [0.25, 0.3) is 0 Å². The van der Waals surface area contributed by atoms with Crippen LogP contribution in [-0.2, 0) is 4.79 Å². The molecule has 0 heterocycles. The molecule has 1 amide bonds. The van der Waals surface area contributed by atoms with E-state index >= 15 is 0 Å². The second-order valence-corrected chi connectivity index (χ2v) is 5.63. The maximum Gasteiger partial charge on any atom is 0.227 e. The summed E-state index contributed by atoms with van der Waals surface area (Å²) in [6.45, 7) is 0. The summed E-state index contributed by atoms with van der Waals surface area (Å²) in [6, 6.07) is 6.94. The number of fused-ring (bicyclic) bond motifs is 1. The lowest BCUT2D eigenvalue weighted by molar-refractivity contribution is -0.120. The normalized spacial score (nSPS) is 28.3. The lowest BCUT2D eigenvalue weighted by Gasteiger charge is -2.13. The first-order chi connectivity index (χ1) is 8.67. The molecule has 2 aliphatic carbocycles. The third-order valence-corrected chi connectivity index (χ3v) is 4.30. The van der Waals surface area contributed by atoms with Gasteiger partial charge in [0.25, 0.3) is 0 Å². The van der Waals surface area contributed by atoms with Gasteiger partial charge >= 0.3 is 0 Å². The fourth-order valence-electron chi connectivity index (χ4n) is 2.85. The molecule has 0 radical (unpaired) electrons. The van der Waals surface area contributed by atoms with Crippen molar-refractivity contribution in [2.75, 3.05) is 5.32 Å². The molecule has 3 rings (SSSR count). The second-order valence-electron chi connectivity index (χ2n) is 5.22. The molecule has 0 spiro atoms. The van der Waals surface area contributed by atoms with Crippen LogP contribution in [0.4, 0.5) is 5.69 Å². The van der Waals surface area contributed by atoms with E-state index in [1.807, 2.05) is 6.07 Å². The van der Waals surface area contributed by atoms with Crippen LogP contribution < -0.4 is 5.32 Å². The van der Waals surface area contributed by atoms with Crippen molar-refractivity contribution < 1.29 is 4.79 Å². The summed E-state index contributed by atoms with van der Waals surface area (Å²) in [5.41, 5.74) is 1.05. The number of hydrogen-bond acceptors (Lipinski definition) is 2. The van der Waals surface area contributed by atoms with E-state index in [9.17, 15) is 4.79 Å². The molecule has 18 heavy (non-hydrogen) atoms. The molecular weight excluding hydrogens is 248 g/mol. The van der Waals surface area contributed by atoms with Gasteiger partial charge in [-0.05, 0) is 49.3 Å². The molecule has 1 N–H and O–H groups in total. The van der Waals surface area contributed by atoms with E-state index < -0.39 is 0 Å². The van der Waals surface area contributed by atoms with Gasteiger partial charge in [-0.1, -0.05) is 11.6 Å². The molecule has 2 unspecified atom stereocenters. The van der Waals surface area contributed by atoms with Crippen molar-refractivity contribution >= 4 is 23.2 Å². The van der Waals surface area contributed by atoms with E-state index in [4.69, 9.17) is 16.9 Å². The van der Waals surface area contributed by atoms with Crippen molar-refractivity contribution in [1.29, 1.82) is 5.26 Å². The van der Waals surface area contributed by atoms with Crippen molar-refractivity contribution in [2.45, 2.75) is 19.3 Å². The smallest absolute Gasteiger partial charge is 0.227 e. The summed E-state index contributed by atoms with van der Waals surface area (Å²) >= 11 is 6.02. The van der Waals surface area contributed by atoms with Gasteiger partial charge in [-0.3, -0.25) is 4.79 Å². The minimum absolute atomic E-state index is 0.0409. The molecular formula is C14H13ClN2O. The van der Waals surface area contributed by atoms with E-state index in [2.05, 4.69) is 5.32 Å². The summed E-state index contributed by atoms with van der Waals surface area (Å²) in [5, 5.41) is 12.2. The topological polar surface area (TPSA) is 52.9 Å². The average Bonchev–Trinajstić information content (AvgIpc) is 2.98. The number of nitriles is 1. The number of halogens is 1. The molecule has 2 fully saturated rings. The number of benzene rings is 1. The molecule has 2 saturated carbocycles. The first-order valence-corrected chi connectivity index (χ1v) is 6.55. The van der Waals surface area contributed by atoms with Crippen LogP contribution in [0.15, 0.2) is 18.2 Å². The van der Waals surface area contributed by atoms with Crippen LogP contribution in [0.1, 0.15) is 24.8 Å². The van der Waals surface area contributed by atoms with Crippen LogP contribution in [0, 0.1) is 29.1 Å². The van der Waals surface area contributed by atoms with Crippen LogP contribution in [0.2, 0.25) is 5.02 Å². The lowest BCUT2D eigenvalue weighted by atomic mass is 10.0. The molecule has 1 aromatic carbocycles. The highest BCUT2D eigenvalue weighted by molar-refractivity contribution is 6.33. The summed E-state index contributed by atoms with van der Waals surface area (Å²) < 4.78 is 0. The third kappa shape index (κ3) is 2.09. The summed E-state index contributed by atoms with van der Waals surface area (Å²) in [7, 11) is 0. The zero-order chi connectivity index (χ0) is 12.7. The van der Waals surface area contributed by atoms with Gasteiger partial charge in [0.05, 0.1) is 22.3 Å². The molecule has 4 heteroatoms. The van der Waals surface area contributed by atoms with Gasteiger partial charge in [0.15, 0.2) is 0 Å². The summed E-state index contributed by atoms with van der Waals surface area (Å²) in [6.07, 6.45) is 3.31. The fraction of sp³-hybridized carbons (Fsp3) is 0.429. The van der Waals surface area contributed by atoms with Crippen LogP contribution >= 0.6 is 11.6 Å². The Morgan fingerprint density at radius 1 is 1.33 bits per heavy atom. The van der Waals surface area contributed by atoms with E-state index in [0.29, 0.717) is 16.3 Å². The fourth-order valence-corrected chi connectivity index (χ4v) is 3.02. The molecule has 92 valence electrons. The largest absolute Gasteiger partial charge is 0.324 e. The SMILES string of the molecule is N#Cc1ccc(Cl)c(NC(=O)C2CC3CC3C2)c1. The van der Waals surface area contributed by atoms with E-state index in [-0.39, 0.29) is 11.8 Å². The van der Waals surface area contributed by atoms with Gasteiger partial charge in [-0.15, -0.1) is 0 Å². The Morgan fingerprint density at radius 2 is 2.06 bits per heavy atom. The Balaban J connectivity index is 1.72. The molecule has 1 aromatic rings. The van der Waals surface area contributed by atoms with Crippen molar-refractivity contribution in [3.63, 3.8) is 0 Å². The van der Waals surface area contributed by atoms with Gasteiger partial charge in [0.2, 0.25) is 5.91 Å². The standard InChI is InChI=1S/C14H13ClN2O/c15-12-2-1-8(7-16)3-13(12)17-14(18)11-5-9-4-10(9)6-11/h1-3,9-11H,4-6H2,(H,17,18). The van der Waals surface area contributed by atoms with Gasteiger partial charge in [0, 0.05) is 5.92 Å². The zero-order valence-electron chi connectivity index (χ0n) is 9.82. The number of nitrogens with one attached hydrogen (secondary N) is 1. The highest BCUT2D eigenvalue weighted by atomic mass is 35.5. The molecule has 0 aromatic heterocycles. The first-order valence-electron chi connectivity index (χ1n) is 6.18. The lowest BCUT2D eigenvalue weighted by Crippen LogP contribution is -2.21. The Bertz CT molecular complexity index is 539. The van der Waals surface area contributed by atoms with Crippen molar-refractivity contribution in [3.05, 3.63) is 28.8 Å². The maximum atomic E-state index is 12.1. The van der Waals surface area contributed by atoms with Gasteiger partial charge in [-0.25, -0.2) is 0 Å². The van der Waals surface area contributed by atoms with Crippen LogP contribution in [0.5, 0.6) is 0 Å². The molecule has 2 aliphatic rings. The molecule has 0 saturated heterocycles. The second kappa shape index (κ2) is 4.29. The predicted molar refractivity (Wildman–Crippen MR) is 69.1 cm³/mol. The molecule has 0 bridgehead atoms. The molecule has 2 atom stereocenters. The Labute approximate surface area is 111 Å². The average molecular weight is 261 g/mol. The van der Waals surface area contributed by atoms with Gasteiger partial charge < -0.3 is 5.32 Å². The number of carbonyl (C=O) groups is 1. The van der Waals surface area contributed by atoms with Gasteiger partial charge in [-0.2, -0.15) is 5.26 Å². The predicted octanol–water partition coefficient (Wildman–Crippen LogP) is 3.20. The number of anilines is 1. The Kier molecular flexibility index (Phi) is 2.76. The minimum Gasteiger partial charge on any atom is -0.324 e. The third-order valence-electron chi connectivity index (χ3n) is 3.97. The maximum absolute atomic E-state index is 12.1. The highest BCUT2D eigenvalue weighted by Crippen LogP contribution is 2.54. The number of carbonyl (C=O) groups excluding carboxylic acids is 1. The number of nitrogens with zero attached hydrogens (tertiary/aromatic N) is 1. The monoisotopic (exact) mass is 260 g/mol. The van der Waals surface area contributed by atoms with Crippen molar-refractivity contribution in [1.82, 2.24) is 0 Å². The zero-order valence-corrected chi connectivity index (χ0v) is 10.6. The summed E-state index contributed by atoms with van der Waals surface area (Å²) in [5.74, 6) is 1.72. The van der Waals surface area contributed by atoms with Crippen LogP contribution in [0.3, 0.4) is 0 Å². The van der Waals surface area contributed by atoms with Crippen molar-refractivity contribution in [3.8, 4) is 6.07 Å². The Morgan fingerprint density at radius 3 is 2.72 bits per heavy atom. The van der Waals surface area contributed by atoms with E-state index in [1.54, 1.807) is 18.2 Å². The molecule has 3 nitrogen and oxygen atoms in total. The molecule has 0 aliphatic heterocycles. The number of rotatable bonds is 2. The Hall–Kier alpha value is -1.53. The number of amides is 1. The van der Waals surface area contributed by atoms with E-state index in [1.165, 1.54) is 6.42 Å². The van der Waals surface area contributed by atoms with Gasteiger partial charge in [0.1, 0.15) is 0 Å².